The maximum atomic E-state index is 6.00. The Kier molecular flexibility index (Phi) is 4.11. The minimum atomic E-state index is 0.460. The molecule has 1 aliphatic carbocycles. The molecule has 0 amide bonds. The van der Waals surface area contributed by atoms with E-state index in [-0.39, 0.29) is 0 Å². The molecule has 1 N–H and O–H groups in total. The highest BCUT2D eigenvalue weighted by Gasteiger charge is 2.18. The molecule has 1 aliphatic heterocycles. The zero-order valence-corrected chi connectivity index (χ0v) is 11.5. The Morgan fingerprint density at radius 3 is 2.56 bits per heavy atom. The van der Waals surface area contributed by atoms with Crippen molar-refractivity contribution in [3.8, 4) is 5.75 Å². The molecule has 1 aromatic carbocycles. The van der Waals surface area contributed by atoms with Crippen molar-refractivity contribution in [1.29, 1.82) is 0 Å². The molecular formula is C15H21NOS. The smallest absolute Gasteiger partial charge is 0.119 e. The van der Waals surface area contributed by atoms with Crippen LogP contribution in [-0.4, -0.2) is 24.9 Å². The van der Waals surface area contributed by atoms with Crippen LogP contribution in [0.4, 0.5) is 0 Å². The summed E-state index contributed by atoms with van der Waals surface area (Å²) in [5, 5.41) is 4.07. The second-order valence-corrected chi connectivity index (χ2v) is 6.47. The molecule has 1 unspecified atom stereocenters. The van der Waals surface area contributed by atoms with Crippen LogP contribution in [0, 0.1) is 0 Å². The van der Waals surface area contributed by atoms with Gasteiger partial charge >= 0.3 is 0 Å². The van der Waals surface area contributed by atoms with Gasteiger partial charge in [0.1, 0.15) is 5.75 Å². The SMILES string of the molecule is c1cc(C2CNCCS2)ccc1OC1CCCC1. The van der Waals surface area contributed by atoms with Gasteiger partial charge in [-0.15, -0.1) is 0 Å². The predicted octanol–water partition coefficient (Wildman–Crippen LogP) is 3.39. The summed E-state index contributed by atoms with van der Waals surface area (Å²) in [7, 11) is 0. The third-order valence-electron chi connectivity index (χ3n) is 3.78. The van der Waals surface area contributed by atoms with Crippen LogP contribution in [-0.2, 0) is 0 Å². The zero-order valence-electron chi connectivity index (χ0n) is 10.7. The Hall–Kier alpha value is -0.670. The van der Waals surface area contributed by atoms with Crippen molar-refractivity contribution in [3.05, 3.63) is 29.8 Å². The van der Waals surface area contributed by atoms with Crippen LogP contribution in [0.15, 0.2) is 24.3 Å². The Balaban J connectivity index is 1.60. The van der Waals surface area contributed by atoms with Gasteiger partial charge in [0, 0.05) is 24.1 Å². The molecule has 1 atom stereocenters. The number of thioether (sulfide) groups is 1. The average molecular weight is 263 g/mol. The van der Waals surface area contributed by atoms with Crippen LogP contribution < -0.4 is 10.1 Å². The molecule has 0 spiro atoms. The van der Waals surface area contributed by atoms with E-state index in [0.29, 0.717) is 11.4 Å². The van der Waals surface area contributed by atoms with Crippen LogP contribution in [0.2, 0.25) is 0 Å². The van der Waals surface area contributed by atoms with E-state index in [1.54, 1.807) is 0 Å². The standard InChI is InChI=1S/C15H21NOS/c1-2-4-13(3-1)17-14-7-5-12(6-8-14)15-11-16-9-10-18-15/h5-8,13,15-16H,1-4,9-11H2. The largest absolute Gasteiger partial charge is 0.490 e. The summed E-state index contributed by atoms with van der Waals surface area (Å²) >= 11 is 2.05. The van der Waals surface area contributed by atoms with E-state index in [2.05, 4.69) is 41.3 Å². The summed E-state index contributed by atoms with van der Waals surface area (Å²) in [6.45, 7) is 2.23. The van der Waals surface area contributed by atoms with Crippen LogP contribution >= 0.6 is 11.8 Å². The molecule has 2 fully saturated rings. The first-order valence-corrected chi connectivity index (χ1v) is 8.05. The molecule has 98 valence electrons. The number of nitrogens with one attached hydrogen (secondary N) is 1. The van der Waals surface area contributed by atoms with Crippen molar-refractivity contribution in [1.82, 2.24) is 5.32 Å². The molecule has 1 saturated heterocycles. The normalized spacial score (nSPS) is 25.2. The zero-order chi connectivity index (χ0) is 12.2. The lowest BCUT2D eigenvalue weighted by Gasteiger charge is -2.23. The van der Waals surface area contributed by atoms with Gasteiger partial charge in [0.05, 0.1) is 6.10 Å². The number of hydrogen-bond acceptors (Lipinski definition) is 3. The molecule has 2 nitrogen and oxygen atoms in total. The van der Waals surface area contributed by atoms with E-state index in [1.807, 2.05) is 0 Å². The van der Waals surface area contributed by atoms with Gasteiger partial charge in [0.25, 0.3) is 0 Å². The summed E-state index contributed by atoms with van der Waals surface area (Å²) in [6.07, 6.45) is 5.57. The number of hydrogen-bond donors (Lipinski definition) is 1. The van der Waals surface area contributed by atoms with E-state index in [0.717, 1.165) is 18.8 Å². The fraction of sp³-hybridized carbons (Fsp3) is 0.600. The maximum absolute atomic E-state index is 6.00. The van der Waals surface area contributed by atoms with Crippen molar-refractivity contribution in [2.24, 2.45) is 0 Å². The van der Waals surface area contributed by atoms with Gasteiger partial charge in [-0.2, -0.15) is 11.8 Å². The molecular weight excluding hydrogens is 242 g/mol. The summed E-state index contributed by atoms with van der Waals surface area (Å²) in [5.41, 5.74) is 1.42. The summed E-state index contributed by atoms with van der Waals surface area (Å²) in [4.78, 5) is 0. The molecule has 0 aromatic heterocycles. The highest BCUT2D eigenvalue weighted by atomic mass is 32.2. The summed E-state index contributed by atoms with van der Waals surface area (Å²) in [6, 6.07) is 8.75. The first kappa shape index (κ1) is 12.4. The molecule has 1 heterocycles. The predicted molar refractivity (Wildman–Crippen MR) is 77.4 cm³/mol. The molecule has 1 saturated carbocycles. The number of rotatable bonds is 3. The third kappa shape index (κ3) is 3.01. The summed E-state index contributed by atoms with van der Waals surface area (Å²) in [5.74, 6) is 2.25. The number of ether oxygens (including phenoxy) is 1. The van der Waals surface area contributed by atoms with Gasteiger partial charge in [0.2, 0.25) is 0 Å². The lowest BCUT2D eigenvalue weighted by molar-refractivity contribution is 0.210. The first-order chi connectivity index (χ1) is 8.92. The third-order valence-corrected chi connectivity index (χ3v) is 5.07. The highest BCUT2D eigenvalue weighted by molar-refractivity contribution is 7.99. The van der Waals surface area contributed by atoms with Crippen molar-refractivity contribution >= 4 is 11.8 Å². The lowest BCUT2D eigenvalue weighted by Crippen LogP contribution is -2.28. The van der Waals surface area contributed by atoms with Crippen LogP contribution in [0.25, 0.3) is 0 Å². The lowest BCUT2D eigenvalue weighted by atomic mass is 10.1. The van der Waals surface area contributed by atoms with E-state index in [1.165, 1.54) is 37.0 Å². The Bertz CT molecular complexity index is 367. The average Bonchev–Trinajstić information content (AvgIpc) is 2.94. The van der Waals surface area contributed by atoms with Crippen molar-refractivity contribution < 1.29 is 4.74 Å². The molecule has 2 aliphatic rings. The Morgan fingerprint density at radius 1 is 1.11 bits per heavy atom. The van der Waals surface area contributed by atoms with Gasteiger partial charge in [0.15, 0.2) is 0 Å². The second-order valence-electron chi connectivity index (χ2n) is 5.16. The second kappa shape index (κ2) is 5.98. The molecule has 0 bridgehead atoms. The van der Waals surface area contributed by atoms with Crippen molar-refractivity contribution in [2.75, 3.05) is 18.8 Å². The van der Waals surface area contributed by atoms with Crippen molar-refractivity contribution in [2.45, 2.75) is 37.0 Å². The minimum Gasteiger partial charge on any atom is -0.490 e. The fourth-order valence-corrected chi connectivity index (χ4v) is 3.87. The van der Waals surface area contributed by atoms with Gasteiger partial charge in [-0.1, -0.05) is 12.1 Å². The highest BCUT2D eigenvalue weighted by Crippen LogP contribution is 2.31. The topological polar surface area (TPSA) is 21.3 Å². The van der Waals surface area contributed by atoms with Gasteiger partial charge in [-0.05, 0) is 43.4 Å². The summed E-state index contributed by atoms with van der Waals surface area (Å²) < 4.78 is 6.00. The molecule has 18 heavy (non-hydrogen) atoms. The van der Waals surface area contributed by atoms with E-state index >= 15 is 0 Å². The Labute approximate surface area is 113 Å². The van der Waals surface area contributed by atoms with Gasteiger partial charge < -0.3 is 10.1 Å². The monoisotopic (exact) mass is 263 g/mol. The Morgan fingerprint density at radius 2 is 1.89 bits per heavy atom. The molecule has 3 heteroatoms. The van der Waals surface area contributed by atoms with Crippen LogP contribution in [0.1, 0.15) is 36.5 Å². The van der Waals surface area contributed by atoms with Crippen molar-refractivity contribution in [3.63, 3.8) is 0 Å². The van der Waals surface area contributed by atoms with E-state index in [9.17, 15) is 0 Å². The molecule has 3 rings (SSSR count). The first-order valence-electron chi connectivity index (χ1n) is 7.01. The fourth-order valence-electron chi connectivity index (χ4n) is 2.74. The van der Waals surface area contributed by atoms with E-state index < -0.39 is 0 Å². The minimum absolute atomic E-state index is 0.460. The molecule has 1 aromatic rings. The van der Waals surface area contributed by atoms with Gasteiger partial charge in [-0.25, -0.2) is 0 Å². The van der Waals surface area contributed by atoms with Crippen LogP contribution in [0.5, 0.6) is 5.75 Å². The molecule has 0 radical (unpaired) electrons. The number of benzene rings is 1. The van der Waals surface area contributed by atoms with E-state index in [4.69, 9.17) is 4.74 Å². The maximum Gasteiger partial charge on any atom is 0.119 e. The quantitative estimate of drug-likeness (QED) is 0.903. The van der Waals surface area contributed by atoms with Crippen LogP contribution in [0.3, 0.4) is 0 Å². The van der Waals surface area contributed by atoms with Gasteiger partial charge in [-0.3, -0.25) is 0 Å².